The van der Waals surface area contributed by atoms with Crippen LogP contribution in [0.2, 0.25) is 0 Å². The summed E-state index contributed by atoms with van der Waals surface area (Å²) >= 11 is 0. The van der Waals surface area contributed by atoms with Gasteiger partial charge in [0.15, 0.2) is 0 Å². The molecule has 12 heteroatoms. The van der Waals surface area contributed by atoms with Crippen LogP contribution >= 0.6 is 0 Å². The van der Waals surface area contributed by atoms with E-state index in [9.17, 15) is 38.4 Å². The maximum atomic E-state index is 11.4. The minimum atomic E-state index is -0.824. The Morgan fingerprint density at radius 3 is 1.10 bits per heavy atom. The molecule has 2 aliphatic rings. The van der Waals surface area contributed by atoms with Gasteiger partial charge in [-0.3, -0.25) is 0 Å². The number of rotatable bonds is 0. The molecule has 2 aliphatic heterocycles. The van der Waals surface area contributed by atoms with Crippen molar-refractivity contribution >= 4 is 56.2 Å². The molecule has 4 heterocycles. The van der Waals surface area contributed by atoms with Crippen LogP contribution in [-0.4, -0.2) is 23.9 Å². The highest BCUT2D eigenvalue weighted by molar-refractivity contribution is 6.20. The minimum Gasteiger partial charge on any atom is -0.386 e. The number of cyclic esters (lactones) is 4. The van der Waals surface area contributed by atoms with E-state index in [0.717, 1.165) is 17.5 Å². The summed E-state index contributed by atoms with van der Waals surface area (Å²) in [6.45, 7) is 0. The van der Waals surface area contributed by atoms with Gasteiger partial charge in [0.2, 0.25) is 0 Å². The molecule has 0 aliphatic carbocycles. The molecule has 4 aromatic carbocycles. The predicted molar refractivity (Wildman–Crippen MR) is 143 cm³/mol. The van der Waals surface area contributed by atoms with Gasteiger partial charge in [0.25, 0.3) is 0 Å². The molecule has 0 saturated carbocycles. The molecule has 0 unspecified atom stereocenters. The van der Waals surface area contributed by atoms with Crippen molar-refractivity contribution in [1.29, 1.82) is 0 Å². The molecular weight excluding hydrogens is 552 g/mol. The van der Waals surface area contributed by atoms with E-state index >= 15 is 0 Å². The fourth-order valence-corrected chi connectivity index (χ4v) is 4.57. The predicted octanol–water partition coefficient (Wildman–Crippen LogP) is 2.64. The number of ether oxygens (including phenoxy) is 2. The zero-order valence-corrected chi connectivity index (χ0v) is 20.8. The maximum absolute atomic E-state index is 11.4. The van der Waals surface area contributed by atoms with Crippen LogP contribution < -0.4 is 22.5 Å². The number of benzene rings is 4. The Morgan fingerprint density at radius 1 is 0.381 bits per heavy atom. The smallest absolute Gasteiger partial charge is 0.346 e. The third kappa shape index (κ3) is 4.19. The van der Waals surface area contributed by atoms with Crippen molar-refractivity contribution < 1.29 is 37.5 Å². The average Bonchev–Trinajstić information content (AvgIpc) is 3.55. The van der Waals surface area contributed by atoms with Gasteiger partial charge in [-0.2, -0.15) is 0 Å². The third-order valence-corrected chi connectivity index (χ3v) is 6.49. The first-order chi connectivity index (χ1) is 20.1. The second-order valence-corrected chi connectivity index (χ2v) is 8.91. The second-order valence-electron chi connectivity index (χ2n) is 8.91. The summed E-state index contributed by atoms with van der Waals surface area (Å²) in [5.41, 5.74) is -1.66. The van der Waals surface area contributed by atoms with Crippen molar-refractivity contribution in [2.75, 3.05) is 0 Å². The van der Waals surface area contributed by atoms with Gasteiger partial charge in [-0.1, -0.05) is 36.4 Å². The molecule has 6 aromatic rings. The second kappa shape index (κ2) is 9.71. The Bertz CT molecular complexity index is 2140. The standard InChI is InChI=1S/C12H6O3.C10H2O6.C8H4O3/c13-11-8-5-1-3-7-4-2-6-9(10(7)8)12(14)15-11;11-7-3-1-4-6(10(14)16-8(4)12)2-5(3)9(13)15-7;9-7-5-3-1-2-4-6(5)8(10)11-7/h1-6H;1-2H;1-4H. The summed E-state index contributed by atoms with van der Waals surface area (Å²) in [6, 6.07) is 19.4. The highest BCUT2D eigenvalue weighted by Gasteiger charge is 2.28. The lowest BCUT2D eigenvalue weighted by Crippen LogP contribution is -2.19. The van der Waals surface area contributed by atoms with Crippen molar-refractivity contribution in [3.05, 3.63) is 137 Å². The van der Waals surface area contributed by atoms with Crippen molar-refractivity contribution in [3.63, 3.8) is 0 Å². The Hall–Kier alpha value is -6.30. The topological polar surface area (TPSA) is 181 Å². The van der Waals surface area contributed by atoms with E-state index in [1.54, 1.807) is 48.5 Å². The summed E-state index contributed by atoms with van der Waals surface area (Å²) in [5, 5.41) is 1.51. The molecule has 0 N–H and O–H groups in total. The molecule has 0 spiro atoms. The van der Waals surface area contributed by atoms with Gasteiger partial charge in [0, 0.05) is 5.39 Å². The van der Waals surface area contributed by atoms with Crippen LogP contribution in [0.15, 0.2) is 101 Å². The molecule has 204 valence electrons. The number of esters is 4. The average molecular weight is 564 g/mol. The van der Waals surface area contributed by atoms with Gasteiger partial charge in [-0.05, 0) is 41.8 Å². The number of hydrogen-bond donors (Lipinski definition) is 0. The molecule has 0 radical (unpaired) electrons. The summed E-state index contributed by atoms with van der Waals surface area (Å²) in [5.74, 6) is -2.23. The monoisotopic (exact) mass is 564 g/mol. The molecular formula is C30H12O12. The zero-order valence-electron chi connectivity index (χ0n) is 20.8. The van der Waals surface area contributed by atoms with E-state index in [1.165, 1.54) is 0 Å². The van der Waals surface area contributed by atoms with E-state index in [1.807, 2.05) is 12.1 Å². The number of carbonyl (C=O) groups is 4. The Balaban J connectivity index is 0.000000115. The highest BCUT2D eigenvalue weighted by Crippen LogP contribution is 2.28. The van der Waals surface area contributed by atoms with Crippen molar-refractivity contribution in [1.82, 2.24) is 0 Å². The fourth-order valence-electron chi connectivity index (χ4n) is 4.57. The van der Waals surface area contributed by atoms with E-state index in [4.69, 9.17) is 0 Å². The van der Waals surface area contributed by atoms with Crippen LogP contribution in [0.4, 0.5) is 0 Å². The van der Waals surface area contributed by atoms with Gasteiger partial charge >= 0.3 is 46.4 Å². The summed E-state index contributed by atoms with van der Waals surface area (Å²) in [7, 11) is 0. The normalized spacial score (nSPS) is 13.2. The molecule has 0 bridgehead atoms. The maximum Gasteiger partial charge on any atom is 0.346 e. The quantitative estimate of drug-likeness (QED) is 0.195. The lowest BCUT2D eigenvalue weighted by molar-refractivity contribution is 0.0385. The Morgan fingerprint density at radius 2 is 0.714 bits per heavy atom. The van der Waals surface area contributed by atoms with Gasteiger partial charge in [0.1, 0.15) is 0 Å². The number of carbonyl (C=O) groups excluding carboxylic acids is 4. The molecule has 42 heavy (non-hydrogen) atoms. The van der Waals surface area contributed by atoms with Crippen LogP contribution in [0.5, 0.6) is 0 Å². The Kier molecular flexibility index (Phi) is 6.00. The van der Waals surface area contributed by atoms with Crippen LogP contribution in [0.25, 0.3) is 32.3 Å². The molecule has 2 aromatic heterocycles. The number of furan rings is 2. The van der Waals surface area contributed by atoms with E-state index in [2.05, 4.69) is 18.3 Å². The summed E-state index contributed by atoms with van der Waals surface area (Å²) < 4.78 is 17.7. The van der Waals surface area contributed by atoms with Crippen LogP contribution in [0, 0.1) is 0 Å². The number of hydrogen-bond acceptors (Lipinski definition) is 12. The molecule has 0 amide bonds. The molecule has 0 atom stereocenters. The van der Waals surface area contributed by atoms with Crippen LogP contribution in [-0.2, 0) is 9.47 Å². The first-order valence-corrected chi connectivity index (χ1v) is 12.0. The van der Waals surface area contributed by atoms with E-state index in [0.29, 0.717) is 27.6 Å². The van der Waals surface area contributed by atoms with Crippen molar-refractivity contribution in [3.8, 4) is 0 Å². The minimum absolute atomic E-state index is 0.0181. The largest absolute Gasteiger partial charge is 0.386 e. The fraction of sp³-hybridized carbons (Fsp3) is 0. The van der Waals surface area contributed by atoms with Crippen molar-refractivity contribution in [2.24, 2.45) is 0 Å². The molecule has 0 fully saturated rings. The van der Waals surface area contributed by atoms with Crippen molar-refractivity contribution in [2.45, 2.75) is 0 Å². The summed E-state index contributed by atoms with van der Waals surface area (Å²) in [6.07, 6.45) is 0. The first kappa shape index (κ1) is 26.0. The van der Waals surface area contributed by atoms with E-state index < -0.39 is 46.4 Å². The van der Waals surface area contributed by atoms with Crippen LogP contribution in [0.3, 0.4) is 0 Å². The van der Waals surface area contributed by atoms with Gasteiger partial charge < -0.3 is 18.3 Å². The lowest BCUT2D eigenvalue weighted by atomic mass is 9.97. The van der Waals surface area contributed by atoms with Gasteiger partial charge in [-0.15, -0.1) is 0 Å². The molecule has 8 rings (SSSR count). The van der Waals surface area contributed by atoms with Crippen LogP contribution in [0.1, 0.15) is 41.4 Å². The summed E-state index contributed by atoms with van der Waals surface area (Å²) in [4.78, 5) is 89.3. The lowest BCUT2D eigenvalue weighted by Gasteiger charge is -2.14. The zero-order chi connectivity index (χ0) is 29.7. The SMILES string of the molecule is O=C1OC(=O)c2cccc3cccc1c23.O=C1OC(=O)c2ccccc21.O=c1oc(=O)c2cc3c(=O)oc(=O)c3cc12. The number of fused-ring (bicyclic) bond motifs is 3. The van der Waals surface area contributed by atoms with Gasteiger partial charge in [-0.25, -0.2) is 38.4 Å². The van der Waals surface area contributed by atoms with E-state index in [-0.39, 0.29) is 21.5 Å². The van der Waals surface area contributed by atoms with Gasteiger partial charge in [0.05, 0.1) is 43.8 Å². The highest BCUT2D eigenvalue weighted by atomic mass is 16.6. The Labute approximate surface area is 230 Å². The molecule has 0 saturated heterocycles. The molecule has 12 nitrogen and oxygen atoms in total. The first-order valence-electron chi connectivity index (χ1n) is 12.0. The third-order valence-electron chi connectivity index (χ3n) is 6.49.